The number of hydrogen-bond donors (Lipinski definition) is 0. The number of nitrogens with zero attached hydrogens (tertiary/aromatic N) is 6. The third-order valence-corrected chi connectivity index (χ3v) is 7.13. The number of pyridine rings is 1. The van der Waals surface area contributed by atoms with Gasteiger partial charge in [0.1, 0.15) is 5.69 Å². The van der Waals surface area contributed by atoms with Gasteiger partial charge in [0.15, 0.2) is 10.7 Å². The Morgan fingerprint density at radius 2 is 1.87 bits per heavy atom. The van der Waals surface area contributed by atoms with Gasteiger partial charge in [0.25, 0.3) is 11.8 Å². The van der Waals surface area contributed by atoms with Gasteiger partial charge in [-0.1, -0.05) is 11.6 Å². The van der Waals surface area contributed by atoms with E-state index in [1.54, 1.807) is 29.1 Å². The Hall–Kier alpha value is -2.01. The number of likely N-dealkylation sites (tertiary alicyclic amines) is 1. The predicted octanol–water partition coefficient (Wildman–Crippen LogP) is 2.49. The van der Waals surface area contributed by atoms with E-state index in [1.165, 1.54) is 11.3 Å². The second-order valence-corrected chi connectivity index (χ2v) is 9.58. The van der Waals surface area contributed by atoms with Gasteiger partial charge in [-0.25, -0.2) is 9.97 Å². The van der Waals surface area contributed by atoms with Crippen LogP contribution in [0.2, 0.25) is 5.02 Å². The van der Waals surface area contributed by atoms with Crippen LogP contribution >= 0.6 is 38.9 Å². The monoisotopic (exact) mass is 508 g/mol. The molecule has 0 radical (unpaired) electrons. The van der Waals surface area contributed by atoms with Crippen molar-refractivity contribution < 1.29 is 9.59 Å². The molecule has 8 nitrogen and oxygen atoms in total. The molecule has 2 amide bonds. The first-order valence-electron chi connectivity index (χ1n) is 9.55. The molecule has 2 aliphatic heterocycles. The number of thiazole rings is 1. The number of fused-ring (bicyclic) bond motifs is 1. The first-order valence-corrected chi connectivity index (χ1v) is 11.6. The number of carbonyl (C=O) groups excluding carboxylic acids is 2. The van der Waals surface area contributed by atoms with Crippen molar-refractivity contribution >= 4 is 56.3 Å². The Balaban J connectivity index is 1.17. The van der Waals surface area contributed by atoms with Crippen molar-refractivity contribution in [2.45, 2.75) is 6.04 Å². The number of imidazole rings is 1. The number of halogens is 2. The highest BCUT2D eigenvalue weighted by molar-refractivity contribution is 9.10. The zero-order valence-electron chi connectivity index (χ0n) is 15.9. The van der Waals surface area contributed by atoms with Gasteiger partial charge in [-0.15, -0.1) is 11.3 Å². The number of piperazine rings is 1. The molecule has 30 heavy (non-hydrogen) atoms. The van der Waals surface area contributed by atoms with Crippen LogP contribution in [0.3, 0.4) is 0 Å². The zero-order valence-corrected chi connectivity index (χ0v) is 19.0. The summed E-state index contributed by atoms with van der Waals surface area (Å²) >= 11 is 10.9. The fraction of sp³-hybridized carbons (Fsp3) is 0.368. The normalized spacial score (nSPS) is 18.1. The molecule has 2 aliphatic rings. The molecule has 3 aromatic rings. The highest BCUT2D eigenvalue weighted by atomic mass is 79.9. The summed E-state index contributed by atoms with van der Waals surface area (Å²) in [6.45, 7) is 4.34. The van der Waals surface area contributed by atoms with Gasteiger partial charge in [0, 0.05) is 69.3 Å². The predicted molar refractivity (Wildman–Crippen MR) is 117 cm³/mol. The van der Waals surface area contributed by atoms with E-state index < -0.39 is 0 Å². The summed E-state index contributed by atoms with van der Waals surface area (Å²) in [7, 11) is 0. The molecule has 0 N–H and O–H groups in total. The van der Waals surface area contributed by atoms with Crippen molar-refractivity contribution in [2.75, 3.05) is 39.3 Å². The van der Waals surface area contributed by atoms with Crippen molar-refractivity contribution in [3.63, 3.8) is 0 Å². The van der Waals surface area contributed by atoms with Gasteiger partial charge in [0.05, 0.1) is 9.50 Å². The first-order chi connectivity index (χ1) is 14.5. The van der Waals surface area contributed by atoms with Gasteiger partial charge in [-0.3, -0.25) is 14.5 Å². The summed E-state index contributed by atoms with van der Waals surface area (Å²) in [6, 6.07) is 2.08. The average Bonchev–Trinajstić information content (AvgIpc) is 3.37. The second kappa shape index (κ2) is 7.92. The zero-order chi connectivity index (χ0) is 20.8. The van der Waals surface area contributed by atoms with Gasteiger partial charge < -0.3 is 14.2 Å². The summed E-state index contributed by atoms with van der Waals surface area (Å²) in [5, 5.41) is 2.94. The summed E-state index contributed by atoms with van der Waals surface area (Å²) < 4.78 is 2.51. The molecule has 0 atom stereocenters. The number of aromatic nitrogens is 3. The van der Waals surface area contributed by atoms with Crippen molar-refractivity contribution in [3.05, 3.63) is 50.2 Å². The van der Waals surface area contributed by atoms with Crippen LogP contribution in [0.25, 0.3) is 5.65 Å². The Morgan fingerprint density at radius 3 is 2.57 bits per heavy atom. The smallest absolute Gasteiger partial charge is 0.282 e. The van der Waals surface area contributed by atoms with Crippen LogP contribution in [0.1, 0.15) is 20.3 Å². The maximum atomic E-state index is 12.8. The van der Waals surface area contributed by atoms with Crippen LogP contribution < -0.4 is 0 Å². The van der Waals surface area contributed by atoms with E-state index in [9.17, 15) is 9.59 Å². The third-order valence-electron chi connectivity index (χ3n) is 5.57. The highest BCUT2D eigenvalue weighted by Gasteiger charge is 2.37. The third kappa shape index (κ3) is 3.62. The lowest BCUT2D eigenvalue weighted by Gasteiger charge is -2.47. The van der Waals surface area contributed by atoms with E-state index >= 15 is 0 Å². The number of hydrogen-bond acceptors (Lipinski definition) is 6. The quantitative estimate of drug-likeness (QED) is 0.542. The lowest BCUT2D eigenvalue weighted by atomic mass is 10.1. The first kappa shape index (κ1) is 19.9. The maximum Gasteiger partial charge on any atom is 0.282 e. The van der Waals surface area contributed by atoms with Crippen molar-refractivity contribution in [3.8, 4) is 0 Å². The summed E-state index contributed by atoms with van der Waals surface area (Å²) in [5.41, 5.74) is 1.08. The van der Waals surface area contributed by atoms with Crippen LogP contribution in [0.5, 0.6) is 0 Å². The van der Waals surface area contributed by atoms with E-state index in [1.807, 2.05) is 15.2 Å². The molecule has 0 aromatic carbocycles. The Labute approximate surface area is 190 Å². The molecule has 0 unspecified atom stereocenters. The number of amides is 2. The second-order valence-electron chi connectivity index (χ2n) is 7.39. The number of rotatable bonds is 3. The minimum absolute atomic E-state index is 0.00757. The van der Waals surface area contributed by atoms with Crippen LogP contribution in [0.4, 0.5) is 0 Å². The molecular weight excluding hydrogens is 492 g/mol. The molecule has 0 aliphatic carbocycles. The molecule has 0 bridgehead atoms. The minimum atomic E-state index is -0.0736. The summed E-state index contributed by atoms with van der Waals surface area (Å²) in [4.78, 5) is 39.8. The fourth-order valence-electron chi connectivity index (χ4n) is 3.90. The Bertz CT molecular complexity index is 1110. The molecule has 2 fully saturated rings. The number of carbonyl (C=O) groups is 2. The minimum Gasteiger partial charge on any atom is -0.334 e. The van der Waals surface area contributed by atoms with E-state index in [0.29, 0.717) is 53.6 Å². The van der Waals surface area contributed by atoms with Crippen LogP contribution in [0.15, 0.2) is 34.5 Å². The molecular formula is C19H18BrClN6O2S. The highest BCUT2D eigenvalue weighted by Crippen LogP contribution is 2.24. The van der Waals surface area contributed by atoms with Gasteiger partial charge in [0.2, 0.25) is 0 Å². The van der Waals surface area contributed by atoms with Crippen LogP contribution in [-0.2, 0) is 0 Å². The van der Waals surface area contributed by atoms with E-state index in [4.69, 9.17) is 11.6 Å². The standard InChI is InChI=1S/C19H18BrClN6O2S/c20-14-7-12(21)8-26-11-15(23-16(14)26)18(28)27-9-13(10-27)24-2-4-25(5-3-24)19(29)17-22-1-6-30-17/h1,6-8,11,13H,2-5,9-10H2. The van der Waals surface area contributed by atoms with Gasteiger partial charge >= 0.3 is 0 Å². The summed E-state index contributed by atoms with van der Waals surface area (Å²) in [5.74, 6) is -0.0660. The van der Waals surface area contributed by atoms with Crippen molar-refractivity contribution in [2.24, 2.45) is 0 Å². The summed E-state index contributed by atoms with van der Waals surface area (Å²) in [6.07, 6.45) is 5.10. The van der Waals surface area contributed by atoms with Gasteiger partial charge in [-0.05, 0) is 22.0 Å². The topological polar surface area (TPSA) is 74.1 Å². The Morgan fingerprint density at radius 1 is 1.10 bits per heavy atom. The van der Waals surface area contributed by atoms with Crippen molar-refractivity contribution in [1.29, 1.82) is 0 Å². The van der Waals surface area contributed by atoms with E-state index in [2.05, 4.69) is 30.8 Å². The molecule has 11 heteroatoms. The largest absolute Gasteiger partial charge is 0.334 e. The van der Waals surface area contributed by atoms with E-state index in [-0.39, 0.29) is 11.8 Å². The van der Waals surface area contributed by atoms with E-state index in [0.717, 1.165) is 17.6 Å². The fourth-order valence-corrected chi connectivity index (χ4v) is 5.38. The molecule has 5 heterocycles. The van der Waals surface area contributed by atoms with Gasteiger partial charge in [-0.2, -0.15) is 0 Å². The van der Waals surface area contributed by atoms with Crippen LogP contribution in [-0.4, -0.2) is 86.2 Å². The lowest BCUT2D eigenvalue weighted by molar-refractivity contribution is 0.00826. The Kier molecular flexibility index (Phi) is 5.26. The molecule has 156 valence electrons. The molecule has 0 saturated carbocycles. The molecule has 2 saturated heterocycles. The lowest BCUT2D eigenvalue weighted by Crippen LogP contribution is -2.64. The molecule has 5 rings (SSSR count). The molecule has 3 aromatic heterocycles. The van der Waals surface area contributed by atoms with Crippen LogP contribution in [0, 0.1) is 0 Å². The average molecular weight is 510 g/mol. The van der Waals surface area contributed by atoms with Crippen molar-refractivity contribution in [1.82, 2.24) is 29.1 Å². The molecule has 0 spiro atoms. The SMILES string of the molecule is O=C(c1cn2cc(Cl)cc(Br)c2n1)N1CC(N2CCN(C(=O)c3nccs3)CC2)C1. The maximum absolute atomic E-state index is 12.8.